The molecule has 0 unspecified atom stereocenters. The van der Waals surface area contributed by atoms with Gasteiger partial charge in [0, 0.05) is 0 Å². The van der Waals surface area contributed by atoms with Gasteiger partial charge in [-0.2, -0.15) is 0 Å². The summed E-state index contributed by atoms with van der Waals surface area (Å²) >= 11 is 0. The highest BCUT2D eigenvalue weighted by Crippen LogP contribution is 2.21. The molecule has 2 rings (SSSR count). The number of methoxy groups -OCH3 is 1. The second-order valence-corrected chi connectivity index (χ2v) is 5.23. The van der Waals surface area contributed by atoms with E-state index in [1.165, 1.54) is 18.2 Å². The van der Waals surface area contributed by atoms with Crippen LogP contribution in [0.25, 0.3) is 12.2 Å². The maximum absolute atomic E-state index is 11.4. The van der Waals surface area contributed by atoms with Crippen molar-refractivity contribution in [2.75, 3.05) is 7.11 Å². The molecule has 0 radical (unpaired) electrons. The fourth-order valence-electron chi connectivity index (χ4n) is 2.22. The summed E-state index contributed by atoms with van der Waals surface area (Å²) in [4.78, 5) is 11.4. The van der Waals surface area contributed by atoms with E-state index in [0.29, 0.717) is 11.5 Å². The Labute approximate surface area is 126 Å². The van der Waals surface area contributed by atoms with Crippen LogP contribution in [0, 0.1) is 0 Å². The Morgan fingerprint density at radius 2 is 1.67 bits per heavy atom. The molecule has 0 N–H and O–H groups in total. The highest BCUT2D eigenvalue weighted by molar-refractivity contribution is 5.89. The molecule has 0 bridgehead atoms. The lowest BCUT2D eigenvalue weighted by atomic mass is 9.96. The standard InChI is InChI=1S/C19H20O2/c1-14(2)18-7-5-4-6-16(18)11-8-15-9-12-17(13-10-15)19(20)21-3/h4-14H,1-3H3/b11-8+. The molecule has 0 aliphatic carbocycles. The fourth-order valence-corrected chi connectivity index (χ4v) is 2.22. The maximum atomic E-state index is 11.4. The minimum Gasteiger partial charge on any atom is -0.465 e. The fraction of sp³-hybridized carbons (Fsp3) is 0.211. The first-order valence-corrected chi connectivity index (χ1v) is 7.07. The van der Waals surface area contributed by atoms with Gasteiger partial charge in [0.2, 0.25) is 0 Å². The first kappa shape index (κ1) is 15.0. The summed E-state index contributed by atoms with van der Waals surface area (Å²) in [6, 6.07) is 15.8. The average molecular weight is 280 g/mol. The highest BCUT2D eigenvalue weighted by atomic mass is 16.5. The van der Waals surface area contributed by atoms with Crippen LogP contribution in [0.1, 0.15) is 46.8 Å². The summed E-state index contributed by atoms with van der Waals surface area (Å²) in [5, 5.41) is 0. The summed E-state index contributed by atoms with van der Waals surface area (Å²) in [5.41, 5.74) is 4.18. The van der Waals surface area contributed by atoms with Crippen molar-refractivity contribution < 1.29 is 9.53 Å². The van der Waals surface area contributed by atoms with Crippen molar-refractivity contribution >= 4 is 18.1 Å². The number of carbonyl (C=O) groups is 1. The molecule has 0 aliphatic heterocycles. The normalized spacial score (nSPS) is 11.0. The van der Waals surface area contributed by atoms with Gasteiger partial charge in [-0.15, -0.1) is 0 Å². The second kappa shape index (κ2) is 6.89. The molecule has 2 nitrogen and oxygen atoms in total. The van der Waals surface area contributed by atoms with Gasteiger partial charge in [0.15, 0.2) is 0 Å². The molecule has 0 saturated heterocycles. The van der Waals surface area contributed by atoms with Crippen molar-refractivity contribution in [1.82, 2.24) is 0 Å². The summed E-state index contributed by atoms with van der Waals surface area (Å²) in [5.74, 6) is 0.184. The number of hydrogen-bond acceptors (Lipinski definition) is 2. The lowest BCUT2D eigenvalue weighted by Gasteiger charge is -2.09. The minimum atomic E-state index is -0.310. The zero-order chi connectivity index (χ0) is 15.2. The molecular weight excluding hydrogens is 260 g/mol. The van der Waals surface area contributed by atoms with Gasteiger partial charge in [-0.05, 0) is 34.7 Å². The van der Waals surface area contributed by atoms with Gasteiger partial charge in [-0.3, -0.25) is 0 Å². The van der Waals surface area contributed by atoms with E-state index in [0.717, 1.165) is 5.56 Å². The number of esters is 1. The first-order chi connectivity index (χ1) is 10.1. The van der Waals surface area contributed by atoms with E-state index in [4.69, 9.17) is 4.74 Å². The summed E-state index contributed by atoms with van der Waals surface area (Å²) in [6.07, 6.45) is 4.17. The Morgan fingerprint density at radius 3 is 2.29 bits per heavy atom. The molecule has 2 aromatic rings. The number of rotatable bonds is 4. The highest BCUT2D eigenvalue weighted by Gasteiger charge is 2.04. The molecule has 0 saturated carbocycles. The van der Waals surface area contributed by atoms with E-state index in [2.05, 4.69) is 44.2 Å². The van der Waals surface area contributed by atoms with Crippen LogP contribution in [0.4, 0.5) is 0 Å². The van der Waals surface area contributed by atoms with Gasteiger partial charge in [0.1, 0.15) is 0 Å². The van der Waals surface area contributed by atoms with Crippen LogP contribution in [0.15, 0.2) is 48.5 Å². The molecular formula is C19H20O2. The van der Waals surface area contributed by atoms with Gasteiger partial charge in [0.05, 0.1) is 12.7 Å². The molecule has 108 valence electrons. The molecule has 2 heteroatoms. The van der Waals surface area contributed by atoms with E-state index in [1.807, 2.05) is 18.2 Å². The second-order valence-electron chi connectivity index (χ2n) is 5.23. The maximum Gasteiger partial charge on any atom is 0.337 e. The monoisotopic (exact) mass is 280 g/mol. The van der Waals surface area contributed by atoms with Crippen LogP contribution >= 0.6 is 0 Å². The van der Waals surface area contributed by atoms with E-state index in [1.54, 1.807) is 12.1 Å². The zero-order valence-electron chi connectivity index (χ0n) is 12.7. The largest absolute Gasteiger partial charge is 0.465 e. The van der Waals surface area contributed by atoms with Crippen molar-refractivity contribution in [3.63, 3.8) is 0 Å². The lowest BCUT2D eigenvalue weighted by Crippen LogP contribution is -2.00. The summed E-state index contributed by atoms with van der Waals surface area (Å²) < 4.78 is 4.69. The van der Waals surface area contributed by atoms with Crippen LogP contribution < -0.4 is 0 Å². The van der Waals surface area contributed by atoms with Gasteiger partial charge < -0.3 is 4.74 Å². The van der Waals surface area contributed by atoms with Crippen LogP contribution in [-0.4, -0.2) is 13.1 Å². The van der Waals surface area contributed by atoms with E-state index >= 15 is 0 Å². The van der Waals surface area contributed by atoms with Crippen LogP contribution in [-0.2, 0) is 4.74 Å². The third kappa shape index (κ3) is 3.82. The lowest BCUT2D eigenvalue weighted by molar-refractivity contribution is 0.0601. The summed E-state index contributed by atoms with van der Waals surface area (Å²) in [7, 11) is 1.39. The Balaban J connectivity index is 2.20. The third-order valence-corrected chi connectivity index (χ3v) is 3.41. The number of benzene rings is 2. The van der Waals surface area contributed by atoms with Gasteiger partial charge in [0.25, 0.3) is 0 Å². The smallest absolute Gasteiger partial charge is 0.337 e. The Bertz CT molecular complexity index is 637. The van der Waals surface area contributed by atoms with Gasteiger partial charge in [-0.1, -0.05) is 62.4 Å². The SMILES string of the molecule is COC(=O)c1ccc(/C=C/c2ccccc2C(C)C)cc1. The molecule has 0 spiro atoms. The number of hydrogen-bond donors (Lipinski definition) is 0. The minimum absolute atomic E-state index is 0.310. The van der Waals surface area contributed by atoms with Crippen molar-refractivity contribution in [1.29, 1.82) is 0 Å². The topological polar surface area (TPSA) is 26.3 Å². The Morgan fingerprint density at radius 1 is 1.00 bits per heavy atom. The quantitative estimate of drug-likeness (QED) is 0.596. The molecule has 0 fully saturated rings. The molecule has 0 atom stereocenters. The van der Waals surface area contributed by atoms with Crippen molar-refractivity contribution in [3.05, 3.63) is 70.8 Å². The van der Waals surface area contributed by atoms with Crippen molar-refractivity contribution in [2.45, 2.75) is 19.8 Å². The van der Waals surface area contributed by atoms with E-state index in [-0.39, 0.29) is 5.97 Å². The molecule has 0 heterocycles. The van der Waals surface area contributed by atoms with Crippen molar-refractivity contribution in [3.8, 4) is 0 Å². The van der Waals surface area contributed by atoms with Crippen LogP contribution in [0.2, 0.25) is 0 Å². The number of carbonyl (C=O) groups excluding carboxylic acids is 1. The third-order valence-electron chi connectivity index (χ3n) is 3.41. The van der Waals surface area contributed by atoms with Crippen LogP contribution in [0.3, 0.4) is 0 Å². The first-order valence-electron chi connectivity index (χ1n) is 7.07. The predicted molar refractivity (Wildman–Crippen MR) is 87.2 cm³/mol. The number of ether oxygens (including phenoxy) is 1. The van der Waals surface area contributed by atoms with Gasteiger partial charge in [-0.25, -0.2) is 4.79 Å². The molecule has 0 aromatic heterocycles. The van der Waals surface area contributed by atoms with Gasteiger partial charge >= 0.3 is 5.97 Å². The summed E-state index contributed by atoms with van der Waals surface area (Å²) in [6.45, 7) is 4.38. The van der Waals surface area contributed by atoms with Crippen molar-refractivity contribution in [2.24, 2.45) is 0 Å². The molecule has 0 aliphatic rings. The van der Waals surface area contributed by atoms with E-state index in [9.17, 15) is 4.79 Å². The molecule has 2 aromatic carbocycles. The average Bonchev–Trinajstić information content (AvgIpc) is 2.52. The Hall–Kier alpha value is -2.35. The molecule has 0 amide bonds. The molecule has 21 heavy (non-hydrogen) atoms. The predicted octanol–water partition coefficient (Wildman–Crippen LogP) is 4.77. The van der Waals surface area contributed by atoms with E-state index < -0.39 is 0 Å². The zero-order valence-corrected chi connectivity index (χ0v) is 12.7. The Kier molecular flexibility index (Phi) is 4.94. The van der Waals surface area contributed by atoms with Crippen LogP contribution in [0.5, 0.6) is 0 Å².